The smallest absolute Gasteiger partial charge is 0.265 e. The molecule has 1 aliphatic rings. The molecule has 4 heteroatoms. The van der Waals surface area contributed by atoms with Crippen molar-refractivity contribution in [2.24, 2.45) is 7.05 Å². The molecule has 0 amide bonds. The minimum atomic E-state index is 0.961. The van der Waals surface area contributed by atoms with E-state index in [0.717, 1.165) is 6.54 Å². The highest BCUT2D eigenvalue weighted by atomic mass is 32.2. The second-order valence-electron chi connectivity index (χ2n) is 7.66. The summed E-state index contributed by atoms with van der Waals surface area (Å²) in [6, 6.07) is 26.5. The van der Waals surface area contributed by atoms with Gasteiger partial charge in [-0.15, -0.1) is 0 Å². The lowest BCUT2D eigenvalue weighted by molar-refractivity contribution is -0.642. The molecule has 5 aromatic rings. The molecule has 0 saturated carbocycles. The van der Waals surface area contributed by atoms with Crippen LogP contribution in [0.5, 0.6) is 0 Å². The molecule has 0 N–H and O–H groups in total. The van der Waals surface area contributed by atoms with Gasteiger partial charge in [0.15, 0.2) is 0 Å². The molecule has 0 saturated heterocycles. The van der Waals surface area contributed by atoms with Gasteiger partial charge in [0.25, 0.3) is 5.01 Å². The van der Waals surface area contributed by atoms with E-state index in [1.165, 1.54) is 52.4 Å². The van der Waals surface area contributed by atoms with Crippen LogP contribution in [0.3, 0.4) is 0 Å². The van der Waals surface area contributed by atoms with Crippen LogP contribution in [0.2, 0.25) is 0 Å². The Kier molecular flexibility index (Phi) is 4.12. The normalized spacial score (nSPS) is 15.0. The van der Waals surface area contributed by atoms with E-state index in [0.29, 0.717) is 0 Å². The van der Waals surface area contributed by atoms with Crippen LogP contribution in [0.15, 0.2) is 82.7 Å². The van der Waals surface area contributed by atoms with Gasteiger partial charge in [-0.3, -0.25) is 0 Å². The fourth-order valence-electron chi connectivity index (χ4n) is 4.30. The first-order valence-corrected chi connectivity index (χ1v) is 11.9. The molecule has 2 heterocycles. The van der Waals surface area contributed by atoms with Gasteiger partial charge in [0.2, 0.25) is 5.52 Å². The second kappa shape index (κ2) is 6.86. The van der Waals surface area contributed by atoms with E-state index in [9.17, 15) is 0 Å². The SMILES string of the molecule is CCN1C(=Cc2sc3cc4ccccc4cc3[n+]2C)Sc2cc3ccccc3cc21. The Bertz CT molecular complexity index is 1480. The molecule has 0 unspecified atom stereocenters. The molecule has 146 valence electrons. The quantitative estimate of drug-likeness (QED) is 0.282. The number of fused-ring (bicyclic) bond motifs is 4. The number of hydrogen-bond acceptors (Lipinski definition) is 3. The molecule has 0 fully saturated rings. The van der Waals surface area contributed by atoms with E-state index in [1.807, 2.05) is 23.1 Å². The van der Waals surface area contributed by atoms with Crippen LogP contribution in [-0.4, -0.2) is 6.54 Å². The monoisotopic (exact) mass is 425 g/mol. The summed E-state index contributed by atoms with van der Waals surface area (Å²) in [5, 5.41) is 7.78. The third kappa shape index (κ3) is 2.75. The summed E-state index contributed by atoms with van der Waals surface area (Å²) in [6.07, 6.45) is 2.36. The van der Waals surface area contributed by atoms with E-state index in [-0.39, 0.29) is 0 Å². The Hall–Kier alpha value is -2.82. The summed E-state index contributed by atoms with van der Waals surface area (Å²) in [7, 11) is 2.18. The molecule has 6 rings (SSSR count). The lowest BCUT2D eigenvalue weighted by Gasteiger charge is -2.17. The molecule has 1 aliphatic heterocycles. The predicted octanol–water partition coefficient (Wildman–Crippen LogP) is 6.96. The molecule has 1 aromatic heterocycles. The second-order valence-corrected chi connectivity index (χ2v) is 9.79. The average molecular weight is 426 g/mol. The van der Waals surface area contributed by atoms with Gasteiger partial charge in [0, 0.05) is 17.5 Å². The predicted molar refractivity (Wildman–Crippen MR) is 131 cm³/mol. The molecule has 4 aromatic carbocycles. The van der Waals surface area contributed by atoms with Gasteiger partial charge in [-0.05, 0) is 46.7 Å². The molecule has 2 nitrogen and oxygen atoms in total. The van der Waals surface area contributed by atoms with Crippen molar-refractivity contribution in [3.8, 4) is 0 Å². The lowest BCUT2D eigenvalue weighted by atomic mass is 10.1. The van der Waals surface area contributed by atoms with E-state index in [4.69, 9.17) is 0 Å². The van der Waals surface area contributed by atoms with Gasteiger partial charge < -0.3 is 4.90 Å². The number of hydrogen-bond donors (Lipinski definition) is 0. The third-order valence-electron chi connectivity index (χ3n) is 5.90. The van der Waals surface area contributed by atoms with Crippen molar-refractivity contribution >= 4 is 66.6 Å². The van der Waals surface area contributed by atoms with Crippen molar-refractivity contribution in [3.05, 3.63) is 82.8 Å². The maximum absolute atomic E-state index is 2.44. The van der Waals surface area contributed by atoms with Crippen LogP contribution in [0.4, 0.5) is 5.69 Å². The van der Waals surface area contributed by atoms with Crippen molar-refractivity contribution in [1.29, 1.82) is 0 Å². The fourth-order valence-corrected chi connectivity index (χ4v) is 6.69. The van der Waals surface area contributed by atoms with Gasteiger partial charge in [0.1, 0.15) is 11.7 Å². The zero-order valence-electron chi connectivity index (χ0n) is 16.9. The molecule has 0 atom stereocenters. The maximum Gasteiger partial charge on any atom is 0.265 e. The van der Waals surface area contributed by atoms with E-state index >= 15 is 0 Å². The van der Waals surface area contributed by atoms with E-state index in [2.05, 4.69) is 102 Å². The highest BCUT2D eigenvalue weighted by molar-refractivity contribution is 8.04. The lowest BCUT2D eigenvalue weighted by Crippen LogP contribution is -2.29. The standard InChI is InChI=1S/C26H21N2S2/c1-3-28-22-13-18-9-5-7-11-20(18)15-24(22)30-26(28)16-25-27(2)21-12-17-8-4-6-10-19(17)14-23(21)29-25/h4-16H,3H2,1-2H3/q+1. The first-order chi connectivity index (χ1) is 14.7. The summed E-state index contributed by atoms with van der Waals surface area (Å²) in [6.45, 7) is 3.19. The summed E-state index contributed by atoms with van der Waals surface area (Å²) in [4.78, 5) is 3.78. The van der Waals surface area contributed by atoms with Crippen LogP contribution in [0.25, 0.3) is 37.8 Å². The molecular weight excluding hydrogens is 404 g/mol. The zero-order valence-corrected chi connectivity index (χ0v) is 18.6. The Morgan fingerprint density at radius 1 is 0.867 bits per heavy atom. The highest BCUT2D eigenvalue weighted by Gasteiger charge is 2.27. The molecule has 0 radical (unpaired) electrons. The summed E-state index contributed by atoms with van der Waals surface area (Å²) < 4.78 is 3.66. The van der Waals surface area contributed by atoms with Gasteiger partial charge in [-0.1, -0.05) is 71.6 Å². The number of benzene rings is 4. The van der Waals surface area contributed by atoms with Gasteiger partial charge in [-0.2, -0.15) is 4.57 Å². The van der Waals surface area contributed by atoms with Crippen molar-refractivity contribution < 1.29 is 4.57 Å². The highest BCUT2D eigenvalue weighted by Crippen LogP contribution is 2.48. The van der Waals surface area contributed by atoms with Crippen LogP contribution in [-0.2, 0) is 7.05 Å². The zero-order chi connectivity index (χ0) is 20.2. The molecule has 30 heavy (non-hydrogen) atoms. The molecule has 0 spiro atoms. The van der Waals surface area contributed by atoms with Crippen molar-refractivity contribution in [1.82, 2.24) is 0 Å². The largest absolute Gasteiger partial charge is 0.335 e. The van der Waals surface area contributed by atoms with Crippen LogP contribution in [0, 0.1) is 0 Å². The topological polar surface area (TPSA) is 7.12 Å². The minimum Gasteiger partial charge on any atom is -0.335 e. The van der Waals surface area contributed by atoms with Gasteiger partial charge in [0.05, 0.1) is 16.8 Å². The number of thiazole rings is 1. The van der Waals surface area contributed by atoms with Crippen molar-refractivity contribution in [2.45, 2.75) is 11.8 Å². The first kappa shape index (κ1) is 18.0. The Morgan fingerprint density at radius 3 is 2.20 bits per heavy atom. The number of anilines is 1. The molecule has 0 bridgehead atoms. The Balaban J connectivity index is 1.48. The molecule has 0 aliphatic carbocycles. The van der Waals surface area contributed by atoms with Crippen LogP contribution in [0.1, 0.15) is 11.9 Å². The average Bonchev–Trinajstić information content (AvgIpc) is 3.26. The number of nitrogens with zero attached hydrogens (tertiary/aromatic N) is 2. The Morgan fingerprint density at radius 2 is 1.50 bits per heavy atom. The van der Waals surface area contributed by atoms with E-state index < -0.39 is 0 Å². The van der Waals surface area contributed by atoms with Crippen LogP contribution >= 0.6 is 23.1 Å². The first-order valence-electron chi connectivity index (χ1n) is 10.2. The summed E-state index contributed by atoms with van der Waals surface area (Å²) in [5.74, 6) is 0. The summed E-state index contributed by atoms with van der Waals surface area (Å²) in [5.41, 5.74) is 2.61. The van der Waals surface area contributed by atoms with Crippen molar-refractivity contribution in [2.75, 3.05) is 11.4 Å². The molecular formula is C26H21N2S2+. The van der Waals surface area contributed by atoms with Crippen LogP contribution < -0.4 is 9.47 Å². The van der Waals surface area contributed by atoms with Crippen molar-refractivity contribution in [3.63, 3.8) is 0 Å². The minimum absolute atomic E-state index is 0.961. The number of aryl methyl sites for hydroxylation is 1. The summed E-state index contributed by atoms with van der Waals surface area (Å²) >= 11 is 3.75. The van der Waals surface area contributed by atoms with E-state index in [1.54, 1.807) is 0 Å². The number of rotatable bonds is 2. The van der Waals surface area contributed by atoms with Gasteiger partial charge >= 0.3 is 0 Å². The number of thioether (sulfide) groups is 1. The maximum atomic E-state index is 2.44. The fraction of sp³-hybridized carbons (Fsp3) is 0.115. The van der Waals surface area contributed by atoms with Gasteiger partial charge in [-0.25, -0.2) is 0 Å². The number of aromatic nitrogens is 1. The third-order valence-corrected chi connectivity index (χ3v) is 8.14. The Labute approximate surface area is 184 Å².